The lowest BCUT2D eigenvalue weighted by atomic mass is 9.91. The van der Waals surface area contributed by atoms with E-state index in [4.69, 9.17) is 14.4 Å². The van der Waals surface area contributed by atoms with Crippen molar-refractivity contribution in [3.05, 3.63) is 46.6 Å². The van der Waals surface area contributed by atoms with Gasteiger partial charge in [-0.05, 0) is 56.2 Å². The second kappa shape index (κ2) is 10.4. The minimum absolute atomic E-state index is 0.0323. The highest BCUT2D eigenvalue weighted by atomic mass is 32.2. The summed E-state index contributed by atoms with van der Waals surface area (Å²) < 4.78 is 7.88. The van der Waals surface area contributed by atoms with Crippen LogP contribution in [0.2, 0.25) is 13.1 Å². The topological polar surface area (TPSA) is 93.5 Å². The van der Waals surface area contributed by atoms with E-state index >= 15 is 0 Å². The monoisotopic (exact) mass is 551 g/mol. The summed E-state index contributed by atoms with van der Waals surface area (Å²) in [7, 11) is -1.06. The van der Waals surface area contributed by atoms with Crippen molar-refractivity contribution in [1.29, 1.82) is 0 Å². The van der Waals surface area contributed by atoms with Crippen molar-refractivity contribution in [2.45, 2.75) is 70.6 Å². The van der Waals surface area contributed by atoms with Crippen LogP contribution < -0.4 is 15.4 Å². The maximum Gasteiger partial charge on any atom is 0.263 e. The fourth-order valence-corrected chi connectivity index (χ4v) is 6.42. The van der Waals surface area contributed by atoms with Gasteiger partial charge in [-0.3, -0.25) is 14.2 Å². The van der Waals surface area contributed by atoms with Gasteiger partial charge in [0.1, 0.15) is 29.5 Å². The van der Waals surface area contributed by atoms with E-state index in [1.165, 1.54) is 11.8 Å². The van der Waals surface area contributed by atoms with Gasteiger partial charge in [-0.25, -0.2) is 15.0 Å². The summed E-state index contributed by atoms with van der Waals surface area (Å²) in [5, 5.41) is 1.13. The number of hydrogen-bond acceptors (Lipinski definition) is 8. The predicted molar refractivity (Wildman–Crippen MR) is 154 cm³/mol. The van der Waals surface area contributed by atoms with E-state index in [1.807, 2.05) is 18.4 Å². The third kappa shape index (κ3) is 5.11. The number of rotatable bonds is 6. The molecule has 2 atom stereocenters. The molecule has 38 heavy (non-hydrogen) atoms. The summed E-state index contributed by atoms with van der Waals surface area (Å²) in [6, 6.07) is 5.63. The molecule has 11 heteroatoms. The Bertz CT molecular complexity index is 1420. The third-order valence-electron chi connectivity index (χ3n) is 7.00. The van der Waals surface area contributed by atoms with Crippen LogP contribution in [-0.4, -0.2) is 59.9 Å². The summed E-state index contributed by atoms with van der Waals surface area (Å²) in [5.74, 6) is 0.535. The van der Waals surface area contributed by atoms with Gasteiger partial charge in [0.15, 0.2) is 5.16 Å². The van der Waals surface area contributed by atoms with Crippen LogP contribution in [0.5, 0.6) is 0 Å². The zero-order valence-corrected chi connectivity index (χ0v) is 24.7. The van der Waals surface area contributed by atoms with E-state index in [2.05, 4.69) is 43.7 Å². The minimum atomic E-state index is -1.06. The molecule has 0 bridgehead atoms. The summed E-state index contributed by atoms with van der Waals surface area (Å²) in [4.78, 5) is 45.6. The molecular weight excluding hydrogens is 516 g/mol. The number of para-hydroxylation sites is 1. The number of amides is 1. The first-order valence-electron chi connectivity index (χ1n) is 13.0. The quantitative estimate of drug-likeness (QED) is 0.246. The highest BCUT2D eigenvalue weighted by molar-refractivity contribution is 7.98. The van der Waals surface area contributed by atoms with Crippen LogP contribution in [0, 0.1) is 5.41 Å². The zero-order chi connectivity index (χ0) is 27.2. The van der Waals surface area contributed by atoms with Crippen molar-refractivity contribution in [2.75, 3.05) is 29.1 Å². The number of nitrogens with zero attached hydrogens (tertiary/aromatic N) is 6. The molecule has 3 aromatic rings. The average molecular weight is 552 g/mol. The van der Waals surface area contributed by atoms with Crippen LogP contribution in [0.15, 0.2) is 40.7 Å². The van der Waals surface area contributed by atoms with E-state index in [9.17, 15) is 9.59 Å². The van der Waals surface area contributed by atoms with Crippen molar-refractivity contribution in [3.63, 3.8) is 0 Å². The molecule has 0 aliphatic carbocycles. The van der Waals surface area contributed by atoms with Gasteiger partial charge < -0.3 is 14.2 Å². The molecule has 5 rings (SSSR count). The maximum absolute atomic E-state index is 13.9. The lowest BCUT2D eigenvalue weighted by Crippen LogP contribution is -2.40. The number of anilines is 2. The van der Waals surface area contributed by atoms with Gasteiger partial charge in [-0.2, -0.15) is 0 Å². The van der Waals surface area contributed by atoms with Crippen LogP contribution in [0.4, 0.5) is 11.5 Å². The number of benzene rings is 1. The Morgan fingerprint density at radius 2 is 2.00 bits per heavy atom. The average Bonchev–Trinajstić information content (AvgIpc) is 3.29. The first-order chi connectivity index (χ1) is 18.1. The minimum Gasteiger partial charge on any atom is -0.397 e. The van der Waals surface area contributed by atoms with Crippen molar-refractivity contribution in [2.24, 2.45) is 5.41 Å². The van der Waals surface area contributed by atoms with Gasteiger partial charge in [0.25, 0.3) is 11.5 Å². The number of carbonyl (C=O) groups is 1. The number of thioether (sulfide) groups is 1. The van der Waals surface area contributed by atoms with Crippen molar-refractivity contribution < 1.29 is 9.22 Å². The Morgan fingerprint density at radius 3 is 2.71 bits per heavy atom. The number of carbonyl (C=O) groups excluding carboxylic acids is 1. The first-order valence-corrected chi connectivity index (χ1v) is 16.7. The Balaban J connectivity index is 1.61. The molecule has 1 unspecified atom stereocenters. The SMILES string of the molecule is CSc1ncc2c(n1)N1CCC[C@H]1CN(c1cccc3c(=O)n(C(CC(C)(C)C)O[Si](C)C)cnc13)C2=O. The van der Waals surface area contributed by atoms with E-state index in [0.717, 1.165) is 19.4 Å². The molecule has 0 N–H and O–H groups in total. The lowest BCUT2D eigenvalue weighted by Gasteiger charge is -2.29. The van der Waals surface area contributed by atoms with Crippen LogP contribution >= 0.6 is 11.8 Å². The molecular formula is C27H35N6O3SSi. The standard InChI is InChI=1S/C27H35N6O3SSi/c1-27(2,3)13-21(36-38(5)6)33-16-29-22-18(24(33)34)10-7-11-20(22)32-15-17-9-8-12-31(17)23-19(25(32)35)14-28-26(30-23)37-4/h7,10-11,14,16-17,21H,8-9,12-13,15H2,1-6H3/t17-,21?/m0/s1. The molecule has 9 nitrogen and oxygen atoms in total. The smallest absolute Gasteiger partial charge is 0.263 e. The molecule has 1 radical (unpaired) electrons. The molecule has 1 saturated heterocycles. The lowest BCUT2D eigenvalue weighted by molar-refractivity contribution is 0.0792. The second-order valence-corrected chi connectivity index (χ2v) is 14.2. The Hall–Kier alpha value is -2.76. The third-order valence-corrected chi connectivity index (χ3v) is 8.30. The van der Waals surface area contributed by atoms with Crippen LogP contribution in [0.1, 0.15) is 56.6 Å². The Kier molecular flexibility index (Phi) is 7.36. The summed E-state index contributed by atoms with van der Waals surface area (Å²) in [6.07, 6.45) is 7.45. The summed E-state index contributed by atoms with van der Waals surface area (Å²) in [6.45, 7) is 11.9. The maximum atomic E-state index is 13.9. The molecule has 201 valence electrons. The van der Waals surface area contributed by atoms with E-state index in [-0.39, 0.29) is 22.9 Å². The first kappa shape index (κ1) is 26.8. The van der Waals surface area contributed by atoms with Gasteiger partial charge in [0.2, 0.25) is 9.04 Å². The van der Waals surface area contributed by atoms with E-state index in [1.54, 1.807) is 28.1 Å². The second-order valence-electron chi connectivity index (χ2n) is 11.4. The summed E-state index contributed by atoms with van der Waals surface area (Å²) >= 11 is 1.47. The highest BCUT2D eigenvalue weighted by Crippen LogP contribution is 2.36. The van der Waals surface area contributed by atoms with Crippen LogP contribution in [-0.2, 0) is 4.43 Å². The molecule has 4 heterocycles. The summed E-state index contributed by atoms with van der Waals surface area (Å²) in [5.41, 5.74) is 1.44. The molecule has 2 aliphatic heterocycles. The molecule has 0 saturated carbocycles. The Morgan fingerprint density at radius 1 is 1.21 bits per heavy atom. The Labute approximate surface area is 229 Å². The predicted octanol–water partition coefficient (Wildman–Crippen LogP) is 4.74. The van der Waals surface area contributed by atoms with Crippen LogP contribution in [0.25, 0.3) is 10.9 Å². The molecule has 2 aromatic heterocycles. The molecule has 1 amide bonds. The van der Waals surface area contributed by atoms with Gasteiger partial charge >= 0.3 is 0 Å². The highest BCUT2D eigenvalue weighted by Gasteiger charge is 2.38. The fourth-order valence-electron chi connectivity index (χ4n) is 5.34. The number of hydrogen-bond donors (Lipinski definition) is 0. The number of aromatic nitrogens is 4. The van der Waals surface area contributed by atoms with E-state index < -0.39 is 15.3 Å². The molecule has 1 aromatic carbocycles. The van der Waals surface area contributed by atoms with E-state index in [0.29, 0.717) is 46.1 Å². The molecule has 0 spiro atoms. The van der Waals surface area contributed by atoms with Crippen molar-refractivity contribution in [1.82, 2.24) is 19.5 Å². The van der Waals surface area contributed by atoms with Gasteiger partial charge in [0, 0.05) is 25.3 Å². The van der Waals surface area contributed by atoms with Gasteiger partial charge in [-0.15, -0.1) is 0 Å². The fraction of sp³-hybridized carbons (Fsp3) is 0.519. The molecule has 1 fully saturated rings. The molecule has 2 aliphatic rings. The van der Waals surface area contributed by atoms with Gasteiger partial charge in [-0.1, -0.05) is 38.6 Å². The number of fused-ring (bicyclic) bond motifs is 4. The van der Waals surface area contributed by atoms with Crippen LogP contribution in [0.3, 0.4) is 0 Å². The normalized spacial score (nSPS) is 18.6. The zero-order valence-electron chi connectivity index (χ0n) is 22.9. The van der Waals surface area contributed by atoms with Crippen molar-refractivity contribution >= 4 is 49.1 Å². The van der Waals surface area contributed by atoms with Gasteiger partial charge in [0.05, 0.1) is 11.1 Å². The van der Waals surface area contributed by atoms with Crippen molar-refractivity contribution in [3.8, 4) is 0 Å². The largest absolute Gasteiger partial charge is 0.397 e.